The van der Waals surface area contributed by atoms with Crippen LogP contribution in [0.1, 0.15) is 26.6 Å². The van der Waals surface area contributed by atoms with Gasteiger partial charge in [0.25, 0.3) is 0 Å². The second-order valence-electron chi connectivity index (χ2n) is 5.26. The van der Waals surface area contributed by atoms with Gasteiger partial charge >= 0.3 is 0 Å². The van der Waals surface area contributed by atoms with Gasteiger partial charge in [0, 0.05) is 20.8 Å². The van der Waals surface area contributed by atoms with Crippen molar-refractivity contribution in [3.05, 3.63) is 40.6 Å². The summed E-state index contributed by atoms with van der Waals surface area (Å²) in [5, 5.41) is 0.875. The third-order valence-electron chi connectivity index (χ3n) is 2.43. The van der Waals surface area contributed by atoms with Gasteiger partial charge in [0.2, 0.25) is 0 Å². The molecule has 0 saturated carbocycles. The van der Waals surface area contributed by atoms with Gasteiger partial charge in [0.15, 0.2) is 0 Å². The van der Waals surface area contributed by atoms with Crippen molar-refractivity contribution in [2.75, 3.05) is 5.73 Å². The molecule has 2 aromatic rings. The molecule has 0 aliphatic carbocycles. The Labute approximate surface area is 126 Å². The quantitative estimate of drug-likeness (QED) is 0.831. The highest BCUT2D eigenvalue weighted by molar-refractivity contribution is 9.10. The second-order valence-corrected chi connectivity index (χ2v) is 7.27. The van der Waals surface area contributed by atoms with E-state index < -0.39 is 0 Å². The zero-order valence-electron chi connectivity index (χ0n) is 11.1. The molecule has 0 unspecified atom stereocenters. The van der Waals surface area contributed by atoms with E-state index in [-0.39, 0.29) is 5.41 Å². The number of rotatable bonds is 2. The van der Waals surface area contributed by atoms with E-state index in [2.05, 4.69) is 46.7 Å². The Hall–Kier alpha value is -1.07. The van der Waals surface area contributed by atoms with Crippen molar-refractivity contribution in [2.24, 2.45) is 0 Å². The molecule has 0 amide bonds. The van der Waals surface area contributed by atoms with E-state index in [0.717, 1.165) is 20.2 Å². The minimum absolute atomic E-state index is 0.107. The Morgan fingerprint density at radius 2 is 1.74 bits per heavy atom. The molecule has 1 aromatic heterocycles. The highest BCUT2D eigenvalue weighted by atomic mass is 79.9. The van der Waals surface area contributed by atoms with E-state index in [0.29, 0.717) is 5.82 Å². The summed E-state index contributed by atoms with van der Waals surface area (Å²) >= 11 is 5.01. The number of hydrogen-bond acceptors (Lipinski definition) is 4. The van der Waals surface area contributed by atoms with Crippen LogP contribution in [0.15, 0.2) is 44.7 Å². The van der Waals surface area contributed by atoms with Gasteiger partial charge in [-0.25, -0.2) is 9.97 Å². The number of nitrogen functional groups attached to an aromatic ring is 1. The summed E-state index contributed by atoms with van der Waals surface area (Å²) in [6.45, 7) is 6.24. The summed E-state index contributed by atoms with van der Waals surface area (Å²) in [7, 11) is 0. The van der Waals surface area contributed by atoms with Crippen LogP contribution in [0.25, 0.3) is 0 Å². The Balaban J connectivity index is 2.30. The third kappa shape index (κ3) is 3.94. The Kier molecular flexibility index (Phi) is 4.16. The number of hydrogen-bond donors (Lipinski definition) is 1. The van der Waals surface area contributed by atoms with Gasteiger partial charge in [0.1, 0.15) is 16.7 Å². The first kappa shape index (κ1) is 14.3. The van der Waals surface area contributed by atoms with Gasteiger partial charge in [-0.2, -0.15) is 0 Å². The summed E-state index contributed by atoms with van der Waals surface area (Å²) in [5.41, 5.74) is 5.76. The van der Waals surface area contributed by atoms with Crippen LogP contribution in [0.4, 0.5) is 5.82 Å². The lowest BCUT2D eigenvalue weighted by Crippen LogP contribution is -2.17. The maximum atomic E-state index is 5.86. The Morgan fingerprint density at radius 1 is 1.11 bits per heavy atom. The Bertz CT molecular complexity index is 576. The van der Waals surface area contributed by atoms with Crippen molar-refractivity contribution < 1.29 is 0 Å². The standard InChI is InChI=1S/C14H16BrN3S/c1-14(2,3)13-17-11(16)8-12(18-13)19-10-6-4-9(15)5-7-10/h4-8H,1-3H3,(H2,16,17,18). The van der Waals surface area contributed by atoms with Crippen LogP contribution in [0.3, 0.4) is 0 Å². The molecule has 3 nitrogen and oxygen atoms in total. The number of nitrogens with two attached hydrogens (primary N) is 1. The van der Waals surface area contributed by atoms with E-state index in [1.165, 1.54) is 0 Å². The molecule has 0 atom stereocenters. The molecule has 100 valence electrons. The van der Waals surface area contributed by atoms with Crippen molar-refractivity contribution >= 4 is 33.5 Å². The molecule has 0 radical (unpaired) electrons. The highest BCUT2D eigenvalue weighted by Gasteiger charge is 2.18. The molecule has 0 aliphatic heterocycles. The topological polar surface area (TPSA) is 51.8 Å². The van der Waals surface area contributed by atoms with E-state index in [1.807, 2.05) is 30.3 Å². The van der Waals surface area contributed by atoms with Crippen LogP contribution in [0.5, 0.6) is 0 Å². The zero-order chi connectivity index (χ0) is 14.0. The molecular weight excluding hydrogens is 322 g/mol. The van der Waals surface area contributed by atoms with E-state index in [1.54, 1.807) is 11.8 Å². The second kappa shape index (κ2) is 5.51. The maximum Gasteiger partial charge on any atom is 0.137 e. The van der Waals surface area contributed by atoms with Crippen LogP contribution in [0, 0.1) is 0 Å². The first-order valence-corrected chi connectivity index (χ1v) is 7.54. The van der Waals surface area contributed by atoms with E-state index in [9.17, 15) is 0 Å². The molecule has 1 aromatic carbocycles. The van der Waals surface area contributed by atoms with Crippen molar-refractivity contribution in [1.82, 2.24) is 9.97 Å². The lowest BCUT2D eigenvalue weighted by Gasteiger charge is -2.17. The Morgan fingerprint density at radius 3 is 2.32 bits per heavy atom. The number of nitrogens with zero attached hydrogens (tertiary/aromatic N) is 2. The number of aromatic nitrogens is 2. The number of benzene rings is 1. The van der Waals surface area contributed by atoms with E-state index >= 15 is 0 Å². The number of anilines is 1. The average molecular weight is 338 g/mol. The fourth-order valence-electron chi connectivity index (χ4n) is 1.45. The minimum atomic E-state index is -0.107. The smallest absolute Gasteiger partial charge is 0.137 e. The van der Waals surface area contributed by atoms with Crippen LogP contribution >= 0.6 is 27.7 Å². The summed E-state index contributed by atoms with van der Waals surface area (Å²) in [6.07, 6.45) is 0. The summed E-state index contributed by atoms with van der Waals surface area (Å²) in [5.74, 6) is 1.28. The normalized spacial score (nSPS) is 11.6. The van der Waals surface area contributed by atoms with Crippen molar-refractivity contribution in [1.29, 1.82) is 0 Å². The monoisotopic (exact) mass is 337 g/mol. The molecular formula is C14H16BrN3S. The molecule has 1 heterocycles. The fourth-order valence-corrected chi connectivity index (χ4v) is 2.54. The summed E-state index contributed by atoms with van der Waals surface area (Å²) in [6, 6.07) is 9.92. The first-order valence-electron chi connectivity index (χ1n) is 5.93. The fraction of sp³-hybridized carbons (Fsp3) is 0.286. The molecule has 0 spiro atoms. The summed E-state index contributed by atoms with van der Waals surface area (Å²) < 4.78 is 1.06. The molecule has 2 N–H and O–H groups in total. The van der Waals surface area contributed by atoms with Crippen LogP contribution < -0.4 is 5.73 Å². The average Bonchev–Trinajstić information content (AvgIpc) is 2.30. The van der Waals surface area contributed by atoms with Crippen molar-refractivity contribution in [3.63, 3.8) is 0 Å². The molecule has 0 saturated heterocycles. The van der Waals surface area contributed by atoms with Gasteiger partial charge in [0.05, 0.1) is 0 Å². The minimum Gasteiger partial charge on any atom is -0.384 e. The summed E-state index contributed by atoms with van der Waals surface area (Å²) in [4.78, 5) is 10.0. The molecule has 0 aliphatic rings. The lowest BCUT2D eigenvalue weighted by atomic mass is 9.96. The SMILES string of the molecule is CC(C)(C)c1nc(N)cc(Sc2ccc(Br)cc2)n1. The predicted octanol–water partition coefficient (Wildman–Crippen LogP) is 4.27. The molecule has 0 fully saturated rings. The lowest BCUT2D eigenvalue weighted by molar-refractivity contribution is 0.540. The third-order valence-corrected chi connectivity index (χ3v) is 3.88. The van der Waals surface area contributed by atoms with Gasteiger partial charge in [-0.3, -0.25) is 0 Å². The van der Waals surface area contributed by atoms with Crippen LogP contribution in [-0.2, 0) is 5.41 Å². The first-order chi connectivity index (χ1) is 8.84. The van der Waals surface area contributed by atoms with Gasteiger partial charge in [-0.1, -0.05) is 48.5 Å². The predicted molar refractivity (Wildman–Crippen MR) is 83.4 cm³/mol. The zero-order valence-corrected chi connectivity index (χ0v) is 13.5. The van der Waals surface area contributed by atoms with Gasteiger partial charge in [-0.15, -0.1) is 0 Å². The largest absolute Gasteiger partial charge is 0.384 e. The van der Waals surface area contributed by atoms with Gasteiger partial charge < -0.3 is 5.73 Å². The van der Waals surface area contributed by atoms with Crippen molar-refractivity contribution in [3.8, 4) is 0 Å². The van der Waals surface area contributed by atoms with Crippen LogP contribution in [-0.4, -0.2) is 9.97 Å². The van der Waals surface area contributed by atoms with Gasteiger partial charge in [-0.05, 0) is 24.3 Å². The number of halogens is 1. The molecule has 5 heteroatoms. The molecule has 0 bridgehead atoms. The van der Waals surface area contributed by atoms with E-state index in [4.69, 9.17) is 5.73 Å². The van der Waals surface area contributed by atoms with Crippen molar-refractivity contribution in [2.45, 2.75) is 36.1 Å². The molecule has 19 heavy (non-hydrogen) atoms. The van der Waals surface area contributed by atoms with Crippen LogP contribution in [0.2, 0.25) is 0 Å². The highest BCUT2D eigenvalue weighted by Crippen LogP contribution is 2.30. The molecule has 2 rings (SSSR count). The maximum absolute atomic E-state index is 5.86.